The Hall–Kier alpha value is -1.20. The van der Waals surface area contributed by atoms with Gasteiger partial charge < -0.3 is 10.1 Å². The number of aryl methyl sites for hydroxylation is 1. The normalized spacial score (nSPS) is 19.2. The first kappa shape index (κ1) is 12.8. The lowest BCUT2D eigenvalue weighted by Crippen LogP contribution is -2.12. The molecule has 0 saturated carbocycles. The molecule has 19 heavy (non-hydrogen) atoms. The van der Waals surface area contributed by atoms with Crippen LogP contribution < -0.4 is 5.32 Å². The minimum Gasteiger partial charge on any atom is -0.378 e. The Bertz CT molecular complexity index is 575. The number of rotatable bonds is 4. The van der Waals surface area contributed by atoms with Gasteiger partial charge in [-0.2, -0.15) is 0 Å². The molecule has 3 heterocycles. The van der Waals surface area contributed by atoms with Crippen molar-refractivity contribution in [1.82, 2.24) is 9.97 Å². The van der Waals surface area contributed by atoms with E-state index in [4.69, 9.17) is 9.72 Å². The molecule has 1 N–H and O–H groups in total. The second-order valence-corrected chi connectivity index (χ2v) is 5.98. The molecular weight excluding hydrogens is 258 g/mol. The summed E-state index contributed by atoms with van der Waals surface area (Å²) in [6, 6.07) is 2.20. The van der Waals surface area contributed by atoms with Gasteiger partial charge in [-0.15, -0.1) is 11.3 Å². The quantitative estimate of drug-likeness (QED) is 0.933. The molecule has 3 rings (SSSR count). The molecule has 1 aliphatic rings. The van der Waals surface area contributed by atoms with Gasteiger partial charge in [-0.05, 0) is 25.3 Å². The van der Waals surface area contributed by atoms with Crippen molar-refractivity contribution >= 4 is 27.4 Å². The van der Waals surface area contributed by atoms with E-state index in [1.807, 2.05) is 7.05 Å². The third-order valence-electron chi connectivity index (χ3n) is 3.51. The van der Waals surface area contributed by atoms with Gasteiger partial charge in [-0.25, -0.2) is 9.97 Å². The van der Waals surface area contributed by atoms with Gasteiger partial charge in [0, 0.05) is 25.0 Å². The van der Waals surface area contributed by atoms with E-state index in [9.17, 15) is 0 Å². The van der Waals surface area contributed by atoms with Gasteiger partial charge in [-0.3, -0.25) is 0 Å². The fourth-order valence-corrected chi connectivity index (χ4v) is 3.47. The maximum atomic E-state index is 5.67. The smallest absolute Gasteiger partial charge is 0.138 e. The number of hydrogen-bond acceptors (Lipinski definition) is 5. The van der Waals surface area contributed by atoms with Crippen LogP contribution in [0.2, 0.25) is 0 Å². The van der Waals surface area contributed by atoms with Crippen LogP contribution in [0.25, 0.3) is 10.2 Å². The second-order valence-electron chi connectivity index (χ2n) is 4.86. The van der Waals surface area contributed by atoms with E-state index in [1.54, 1.807) is 11.3 Å². The standard InChI is InChI=1S/C14H19N3OS/c1-3-10-8-11-13(15-2)16-12(17-14(11)19-10)7-9-5-4-6-18-9/h8-9H,3-7H2,1-2H3,(H,15,16,17). The average Bonchev–Trinajstić information content (AvgIpc) is 3.06. The molecular formula is C14H19N3OS. The average molecular weight is 277 g/mol. The van der Waals surface area contributed by atoms with Crippen molar-refractivity contribution in [1.29, 1.82) is 0 Å². The number of nitrogens with zero attached hydrogens (tertiary/aromatic N) is 2. The van der Waals surface area contributed by atoms with E-state index < -0.39 is 0 Å². The predicted octanol–water partition coefficient (Wildman–Crippen LogP) is 3.02. The molecule has 0 radical (unpaired) electrons. The predicted molar refractivity (Wildman–Crippen MR) is 79.0 cm³/mol. The Morgan fingerprint density at radius 3 is 3.05 bits per heavy atom. The zero-order valence-electron chi connectivity index (χ0n) is 11.4. The molecule has 5 heteroatoms. The largest absolute Gasteiger partial charge is 0.378 e. The number of anilines is 1. The monoisotopic (exact) mass is 277 g/mol. The SMILES string of the molecule is CCc1cc2c(NC)nc(CC3CCCO3)nc2s1. The van der Waals surface area contributed by atoms with Gasteiger partial charge in [0.2, 0.25) is 0 Å². The minimum absolute atomic E-state index is 0.299. The van der Waals surface area contributed by atoms with Crippen LogP contribution in [0.1, 0.15) is 30.5 Å². The lowest BCUT2D eigenvalue weighted by Gasteiger charge is -2.09. The number of hydrogen-bond donors (Lipinski definition) is 1. The van der Waals surface area contributed by atoms with E-state index >= 15 is 0 Å². The summed E-state index contributed by atoms with van der Waals surface area (Å²) in [6.45, 7) is 3.05. The summed E-state index contributed by atoms with van der Waals surface area (Å²) in [5.74, 6) is 1.84. The van der Waals surface area contributed by atoms with Crippen molar-refractivity contribution in [2.45, 2.75) is 38.7 Å². The van der Waals surface area contributed by atoms with E-state index in [2.05, 4.69) is 23.3 Å². The van der Waals surface area contributed by atoms with Crippen LogP contribution in [0.5, 0.6) is 0 Å². The molecule has 2 aromatic heterocycles. The van der Waals surface area contributed by atoms with Crippen LogP contribution in [0.15, 0.2) is 6.07 Å². The molecule has 0 aromatic carbocycles. The summed E-state index contributed by atoms with van der Waals surface area (Å²) in [4.78, 5) is 11.8. The summed E-state index contributed by atoms with van der Waals surface area (Å²) >= 11 is 1.77. The molecule has 0 aliphatic carbocycles. The fourth-order valence-electron chi connectivity index (χ4n) is 2.48. The Morgan fingerprint density at radius 1 is 1.47 bits per heavy atom. The van der Waals surface area contributed by atoms with Crippen LogP contribution in [0.3, 0.4) is 0 Å². The van der Waals surface area contributed by atoms with E-state index in [-0.39, 0.29) is 0 Å². The highest BCUT2D eigenvalue weighted by Crippen LogP contribution is 2.29. The van der Waals surface area contributed by atoms with Crippen LogP contribution >= 0.6 is 11.3 Å². The molecule has 4 nitrogen and oxygen atoms in total. The van der Waals surface area contributed by atoms with Gasteiger partial charge in [0.25, 0.3) is 0 Å². The van der Waals surface area contributed by atoms with Gasteiger partial charge in [0.05, 0.1) is 11.5 Å². The summed E-state index contributed by atoms with van der Waals surface area (Å²) in [7, 11) is 1.92. The Balaban J connectivity index is 1.95. The third kappa shape index (κ3) is 2.58. The van der Waals surface area contributed by atoms with Crippen LogP contribution in [-0.4, -0.2) is 29.7 Å². The highest BCUT2D eigenvalue weighted by atomic mass is 32.1. The van der Waals surface area contributed by atoms with Crippen molar-refractivity contribution in [3.63, 3.8) is 0 Å². The zero-order chi connectivity index (χ0) is 13.2. The van der Waals surface area contributed by atoms with Crippen LogP contribution in [-0.2, 0) is 17.6 Å². The van der Waals surface area contributed by atoms with Crippen molar-refractivity contribution < 1.29 is 4.74 Å². The number of nitrogens with one attached hydrogen (secondary N) is 1. The number of fused-ring (bicyclic) bond motifs is 1. The Morgan fingerprint density at radius 2 is 2.37 bits per heavy atom. The lowest BCUT2D eigenvalue weighted by molar-refractivity contribution is 0.110. The van der Waals surface area contributed by atoms with Crippen molar-refractivity contribution in [3.8, 4) is 0 Å². The molecule has 1 saturated heterocycles. The molecule has 2 aromatic rings. The first-order valence-electron chi connectivity index (χ1n) is 6.89. The molecule has 0 bridgehead atoms. The first-order valence-corrected chi connectivity index (χ1v) is 7.70. The van der Waals surface area contributed by atoms with Gasteiger partial charge in [0.15, 0.2) is 0 Å². The summed E-state index contributed by atoms with van der Waals surface area (Å²) in [5, 5.41) is 4.33. The maximum absolute atomic E-state index is 5.67. The van der Waals surface area contributed by atoms with Crippen LogP contribution in [0.4, 0.5) is 5.82 Å². The van der Waals surface area contributed by atoms with E-state index in [0.29, 0.717) is 6.10 Å². The highest BCUT2D eigenvalue weighted by Gasteiger charge is 2.19. The first-order chi connectivity index (χ1) is 9.30. The minimum atomic E-state index is 0.299. The third-order valence-corrected chi connectivity index (χ3v) is 4.68. The van der Waals surface area contributed by atoms with E-state index in [0.717, 1.165) is 54.1 Å². The Labute approximate surface area is 117 Å². The van der Waals surface area contributed by atoms with Crippen LogP contribution in [0, 0.1) is 0 Å². The molecule has 1 unspecified atom stereocenters. The molecule has 1 aliphatic heterocycles. The van der Waals surface area contributed by atoms with Crippen molar-refractivity contribution in [3.05, 3.63) is 16.8 Å². The summed E-state index contributed by atoms with van der Waals surface area (Å²) < 4.78 is 5.67. The van der Waals surface area contributed by atoms with Gasteiger partial charge in [-0.1, -0.05) is 6.92 Å². The molecule has 1 fully saturated rings. The Kier molecular flexibility index (Phi) is 3.66. The number of ether oxygens (including phenoxy) is 1. The lowest BCUT2D eigenvalue weighted by atomic mass is 10.2. The molecule has 102 valence electrons. The zero-order valence-corrected chi connectivity index (χ0v) is 12.2. The number of aromatic nitrogens is 2. The van der Waals surface area contributed by atoms with Crippen molar-refractivity contribution in [2.75, 3.05) is 19.0 Å². The van der Waals surface area contributed by atoms with Gasteiger partial charge >= 0.3 is 0 Å². The molecule has 1 atom stereocenters. The maximum Gasteiger partial charge on any atom is 0.138 e. The van der Waals surface area contributed by atoms with E-state index in [1.165, 1.54) is 4.88 Å². The highest BCUT2D eigenvalue weighted by molar-refractivity contribution is 7.18. The van der Waals surface area contributed by atoms with Crippen molar-refractivity contribution in [2.24, 2.45) is 0 Å². The topological polar surface area (TPSA) is 47.0 Å². The summed E-state index contributed by atoms with van der Waals surface area (Å²) in [6.07, 6.45) is 4.45. The fraction of sp³-hybridized carbons (Fsp3) is 0.571. The summed E-state index contributed by atoms with van der Waals surface area (Å²) in [5.41, 5.74) is 0. The molecule has 0 amide bonds. The van der Waals surface area contributed by atoms with Gasteiger partial charge in [0.1, 0.15) is 16.5 Å². The molecule has 0 spiro atoms. The second kappa shape index (κ2) is 5.43. The number of thiophene rings is 1.